The van der Waals surface area contributed by atoms with Gasteiger partial charge in [-0.15, -0.1) is 0 Å². The molecule has 0 spiro atoms. The van der Waals surface area contributed by atoms with Gasteiger partial charge in [0.25, 0.3) is 5.91 Å². The Morgan fingerprint density at radius 1 is 1.00 bits per heavy atom. The van der Waals surface area contributed by atoms with Gasteiger partial charge in [-0.25, -0.2) is 4.79 Å². The summed E-state index contributed by atoms with van der Waals surface area (Å²) in [5.74, 6) is 0.150. The summed E-state index contributed by atoms with van der Waals surface area (Å²) in [6, 6.07) is 15.7. The van der Waals surface area contributed by atoms with Crippen LogP contribution in [0.15, 0.2) is 48.5 Å². The summed E-state index contributed by atoms with van der Waals surface area (Å²) in [6.45, 7) is 3.68. The lowest BCUT2D eigenvalue weighted by molar-refractivity contribution is 0.0664. The molecule has 2 aromatic rings. The smallest absolute Gasteiger partial charge is 0.407 e. The quantitative estimate of drug-likeness (QED) is 0.780. The molecular formula is C24H28N4O3. The van der Waals surface area contributed by atoms with E-state index in [9.17, 15) is 14.7 Å². The predicted molar refractivity (Wildman–Crippen MR) is 118 cm³/mol. The molecule has 2 aromatic carbocycles. The third kappa shape index (κ3) is 3.53. The van der Waals surface area contributed by atoms with E-state index in [1.807, 2.05) is 41.3 Å². The number of hydrogen-bond donors (Lipinski definition) is 2. The zero-order valence-corrected chi connectivity index (χ0v) is 17.7. The highest BCUT2D eigenvalue weighted by atomic mass is 16.4. The van der Waals surface area contributed by atoms with Gasteiger partial charge in [0.05, 0.1) is 12.1 Å². The zero-order chi connectivity index (χ0) is 21.5. The number of carbonyl (C=O) groups is 2. The number of carbonyl (C=O) groups excluding carboxylic acids is 1. The number of hydrogen-bond acceptors (Lipinski definition) is 4. The second-order valence-corrected chi connectivity index (χ2v) is 8.80. The second kappa shape index (κ2) is 7.89. The Morgan fingerprint density at radius 3 is 2.45 bits per heavy atom. The highest BCUT2D eigenvalue weighted by molar-refractivity contribution is 5.95. The summed E-state index contributed by atoms with van der Waals surface area (Å²) in [5.41, 5.74) is 3.63. The molecule has 3 aliphatic heterocycles. The molecule has 3 unspecified atom stereocenters. The number of rotatable bonds is 2. The molecule has 0 bridgehead atoms. The van der Waals surface area contributed by atoms with Gasteiger partial charge in [-0.2, -0.15) is 0 Å². The lowest BCUT2D eigenvalue weighted by Crippen LogP contribution is -2.47. The number of benzene rings is 2. The van der Waals surface area contributed by atoms with Crippen LogP contribution < -0.4 is 5.32 Å². The van der Waals surface area contributed by atoms with Gasteiger partial charge in [0, 0.05) is 49.9 Å². The highest BCUT2D eigenvalue weighted by Gasteiger charge is 2.46. The topological polar surface area (TPSA) is 76.1 Å². The minimum Gasteiger partial charge on any atom is -0.465 e. The maximum Gasteiger partial charge on any atom is 0.407 e. The van der Waals surface area contributed by atoms with Crippen molar-refractivity contribution in [3.63, 3.8) is 0 Å². The fraction of sp³-hybridized carbons (Fsp3) is 0.417. The Hall–Kier alpha value is -3.06. The van der Waals surface area contributed by atoms with Crippen molar-refractivity contribution in [2.75, 3.05) is 45.1 Å². The molecule has 7 nitrogen and oxygen atoms in total. The van der Waals surface area contributed by atoms with Crippen LogP contribution in [-0.2, 0) is 0 Å². The predicted octanol–water partition coefficient (Wildman–Crippen LogP) is 3.28. The van der Waals surface area contributed by atoms with Gasteiger partial charge in [-0.3, -0.25) is 4.79 Å². The minimum atomic E-state index is -0.900. The van der Waals surface area contributed by atoms with E-state index >= 15 is 0 Å². The van der Waals surface area contributed by atoms with Gasteiger partial charge in [0.2, 0.25) is 0 Å². The maximum absolute atomic E-state index is 13.1. The number of amides is 2. The molecule has 0 aliphatic carbocycles. The molecule has 0 radical (unpaired) electrons. The standard InChI is InChI=1S/C24H28N4O3/c1-26-11-13-27(14-12-26)23(29)17-7-8-20-19(15-17)22-18(9-10-28(22)24(30)31)21(25-20)16-5-3-2-4-6-16/h2-8,15,18,21-22,25H,9-14H2,1H3,(H,30,31). The molecule has 3 heterocycles. The van der Waals surface area contributed by atoms with Crippen molar-refractivity contribution >= 4 is 17.7 Å². The summed E-state index contributed by atoms with van der Waals surface area (Å²) in [7, 11) is 2.07. The summed E-state index contributed by atoms with van der Waals surface area (Å²) in [6.07, 6.45) is -0.109. The Bertz CT molecular complexity index is 988. The van der Waals surface area contributed by atoms with E-state index in [4.69, 9.17) is 0 Å². The molecule has 162 valence electrons. The molecule has 5 rings (SSSR count). The molecule has 2 saturated heterocycles. The van der Waals surface area contributed by atoms with Crippen LogP contribution in [0.2, 0.25) is 0 Å². The van der Waals surface area contributed by atoms with Crippen molar-refractivity contribution in [3.8, 4) is 0 Å². The highest BCUT2D eigenvalue weighted by Crippen LogP contribution is 2.51. The molecule has 2 fully saturated rings. The first kappa shape index (κ1) is 19.9. The summed E-state index contributed by atoms with van der Waals surface area (Å²) >= 11 is 0. The first-order valence-corrected chi connectivity index (χ1v) is 11.0. The third-order valence-corrected chi connectivity index (χ3v) is 7.00. The van der Waals surface area contributed by atoms with Crippen LogP contribution in [0.1, 0.15) is 40.0 Å². The van der Waals surface area contributed by atoms with Crippen molar-refractivity contribution < 1.29 is 14.7 Å². The fourth-order valence-corrected chi connectivity index (χ4v) is 5.31. The zero-order valence-electron chi connectivity index (χ0n) is 17.7. The monoisotopic (exact) mass is 420 g/mol. The second-order valence-electron chi connectivity index (χ2n) is 8.80. The number of nitrogens with zero attached hydrogens (tertiary/aromatic N) is 3. The van der Waals surface area contributed by atoms with E-state index in [2.05, 4.69) is 29.4 Å². The molecule has 31 heavy (non-hydrogen) atoms. The lowest BCUT2D eigenvalue weighted by Gasteiger charge is -2.39. The van der Waals surface area contributed by atoms with Crippen LogP contribution >= 0.6 is 0 Å². The first-order valence-electron chi connectivity index (χ1n) is 11.0. The van der Waals surface area contributed by atoms with Crippen LogP contribution in [-0.4, -0.2) is 71.6 Å². The van der Waals surface area contributed by atoms with E-state index in [0.29, 0.717) is 25.2 Å². The Kier molecular flexibility index (Phi) is 5.06. The van der Waals surface area contributed by atoms with Gasteiger partial charge in [0.1, 0.15) is 0 Å². The molecular weight excluding hydrogens is 392 g/mol. The number of piperazine rings is 1. The van der Waals surface area contributed by atoms with Crippen LogP contribution in [0.5, 0.6) is 0 Å². The van der Waals surface area contributed by atoms with E-state index in [1.54, 1.807) is 4.90 Å². The van der Waals surface area contributed by atoms with Crippen molar-refractivity contribution in [1.29, 1.82) is 0 Å². The van der Waals surface area contributed by atoms with Gasteiger partial charge >= 0.3 is 6.09 Å². The Labute approximate surface area is 182 Å². The number of fused-ring (bicyclic) bond motifs is 3. The van der Waals surface area contributed by atoms with Crippen LogP contribution in [0, 0.1) is 5.92 Å². The normalized spacial score (nSPS) is 25.5. The fourth-order valence-electron chi connectivity index (χ4n) is 5.31. The molecule has 0 aromatic heterocycles. The summed E-state index contributed by atoms with van der Waals surface area (Å²) < 4.78 is 0. The largest absolute Gasteiger partial charge is 0.465 e. The number of carboxylic acid groups (broad SMARTS) is 1. The molecule has 3 aliphatic rings. The van der Waals surface area contributed by atoms with Crippen LogP contribution in [0.4, 0.5) is 10.5 Å². The maximum atomic E-state index is 13.1. The molecule has 2 N–H and O–H groups in total. The van der Waals surface area contributed by atoms with Crippen molar-refractivity contribution in [3.05, 3.63) is 65.2 Å². The van der Waals surface area contributed by atoms with Crippen molar-refractivity contribution in [2.45, 2.75) is 18.5 Å². The number of anilines is 1. The van der Waals surface area contributed by atoms with E-state index in [0.717, 1.165) is 36.3 Å². The summed E-state index contributed by atoms with van der Waals surface area (Å²) in [4.78, 5) is 30.8. The molecule has 0 saturated carbocycles. The first-order chi connectivity index (χ1) is 15.0. The molecule has 3 atom stereocenters. The van der Waals surface area contributed by atoms with Gasteiger partial charge < -0.3 is 25.1 Å². The average molecular weight is 421 g/mol. The number of likely N-dealkylation sites (N-methyl/N-ethyl adjacent to an activating group) is 1. The number of nitrogens with one attached hydrogen (secondary N) is 1. The van der Waals surface area contributed by atoms with Gasteiger partial charge in [0.15, 0.2) is 0 Å². The average Bonchev–Trinajstić information content (AvgIpc) is 3.25. The Balaban J connectivity index is 1.51. The van der Waals surface area contributed by atoms with E-state index in [1.165, 1.54) is 0 Å². The van der Waals surface area contributed by atoms with Gasteiger partial charge in [-0.05, 0) is 42.8 Å². The lowest BCUT2D eigenvalue weighted by atomic mass is 9.79. The minimum absolute atomic E-state index is 0.0255. The van der Waals surface area contributed by atoms with Crippen molar-refractivity contribution in [2.24, 2.45) is 5.92 Å². The van der Waals surface area contributed by atoms with Crippen LogP contribution in [0.3, 0.4) is 0 Å². The molecule has 2 amide bonds. The molecule has 7 heteroatoms. The summed E-state index contributed by atoms with van der Waals surface area (Å²) in [5, 5.41) is 13.5. The third-order valence-electron chi connectivity index (χ3n) is 7.00. The SMILES string of the molecule is CN1CCN(C(=O)c2ccc3c(c2)C2C(CCN2C(=O)O)C(c2ccccc2)N3)CC1. The van der Waals surface area contributed by atoms with E-state index < -0.39 is 6.09 Å². The Morgan fingerprint density at radius 2 is 1.74 bits per heavy atom. The number of likely N-dealkylation sites (tertiary alicyclic amines) is 1. The van der Waals surface area contributed by atoms with E-state index in [-0.39, 0.29) is 23.9 Å². The van der Waals surface area contributed by atoms with Crippen molar-refractivity contribution in [1.82, 2.24) is 14.7 Å². The van der Waals surface area contributed by atoms with Gasteiger partial charge in [-0.1, -0.05) is 30.3 Å². The van der Waals surface area contributed by atoms with Crippen LogP contribution in [0.25, 0.3) is 0 Å².